The highest BCUT2D eigenvalue weighted by Crippen LogP contribution is 2.24. The van der Waals surface area contributed by atoms with Gasteiger partial charge in [-0.15, -0.1) is 0 Å². The molecule has 8 heteroatoms. The summed E-state index contributed by atoms with van der Waals surface area (Å²) >= 11 is 0. The Morgan fingerprint density at radius 2 is 1.85 bits per heavy atom. The number of hydrogen-bond donors (Lipinski definition) is 2. The number of carbonyl (C=O) groups is 3. The first-order valence-electron chi connectivity index (χ1n) is 7.94. The van der Waals surface area contributed by atoms with E-state index in [1.807, 2.05) is 0 Å². The number of ether oxygens (including phenoxy) is 1. The monoisotopic (exact) mass is 362 g/mol. The molecule has 0 aliphatic rings. The predicted molar refractivity (Wildman–Crippen MR) is 90.7 cm³/mol. The third-order valence-corrected chi connectivity index (χ3v) is 3.18. The molecule has 0 radical (unpaired) electrons. The fourth-order valence-electron chi connectivity index (χ4n) is 2.06. The van der Waals surface area contributed by atoms with Gasteiger partial charge >= 0.3 is 5.97 Å². The summed E-state index contributed by atoms with van der Waals surface area (Å²) < 4.78 is 23.8. The van der Waals surface area contributed by atoms with Crippen molar-refractivity contribution in [2.24, 2.45) is 0 Å². The van der Waals surface area contributed by atoms with Crippen LogP contribution in [-0.4, -0.2) is 37.0 Å². The standard InChI is InChI=1S/C18H19FN2O5/c1-11(2)21-16(22)9-20-17(23)10-25-18(24)15-8-7-14(26-15)12-5-3-4-6-13(12)19/h3-8,11H,9-10H2,1-2H3,(H,20,23)(H,21,22). The highest BCUT2D eigenvalue weighted by molar-refractivity contribution is 5.90. The first kappa shape index (κ1) is 19.2. The normalized spacial score (nSPS) is 10.5. The van der Waals surface area contributed by atoms with Crippen LogP contribution in [-0.2, 0) is 14.3 Å². The first-order chi connectivity index (χ1) is 12.4. The van der Waals surface area contributed by atoms with Gasteiger partial charge in [0, 0.05) is 6.04 Å². The number of halogens is 1. The van der Waals surface area contributed by atoms with Crippen LogP contribution in [0.1, 0.15) is 24.4 Å². The maximum absolute atomic E-state index is 13.7. The lowest BCUT2D eigenvalue weighted by atomic mass is 10.1. The number of benzene rings is 1. The minimum absolute atomic E-state index is 0.0418. The zero-order valence-corrected chi connectivity index (χ0v) is 14.4. The Kier molecular flexibility index (Phi) is 6.48. The van der Waals surface area contributed by atoms with E-state index in [4.69, 9.17) is 9.15 Å². The second-order valence-electron chi connectivity index (χ2n) is 5.72. The molecule has 0 unspecified atom stereocenters. The maximum atomic E-state index is 13.7. The van der Waals surface area contributed by atoms with Gasteiger partial charge in [0.2, 0.25) is 11.7 Å². The molecule has 1 heterocycles. The predicted octanol–water partition coefficient (Wildman–Crippen LogP) is 1.88. The SMILES string of the molecule is CC(C)NC(=O)CNC(=O)COC(=O)c1ccc(-c2ccccc2F)o1. The van der Waals surface area contributed by atoms with E-state index in [0.717, 1.165) is 0 Å². The molecule has 0 spiro atoms. The Morgan fingerprint density at radius 3 is 2.54 bits per heavy atom. The van der Waals surface area contributed by atoms with Crippen molar-refractivity contribution in [3.8, 4) is 11.3 Å². The Morgan fingerprint density at radius 1 is 1.12 bits per heavy atom. The highest BCUT2D eigenvalue weighted by Gasteiger charge is 2.17. The van der Waals surface area contributed by atoms with E-state index < -0.39 is 24.3 Å². The van der Waals surface area contributed by atoms with E-state index in [0.29, 0.717) is 0 Å². The lowest BCUT2D eigenvalue weighted by molar-refractivity contribution is -0.128. The molecule has 0 bridgehead atoms. The van der Waals surface area contributed by atoms with Crippen molar-refractivity contribution in [1.82, 2.24) is 10.6 Å². The third-order valence-electron chi connectivity index (χ3n) is 3.18. The number of hydrogen-bond acceptors (Lipinski definition) is 5. The van der Waals surface area contributed by atoms with Crippen LogP contribution in [0.3, 0.4) is 0 Å². The molecule has 0 aliphatic carbocycles. The van der Waals surface area contributed by atoms with E-state index in [-0.39, 0.29) is 35.6 Å². The van der Waals surface area contributed by atoms with Crippen LogP contribution >= 0.6 is 0 Å². The Bertz CT molecular complexity index is 800. The molecule has 0 saturated heterocycles. The van der Waals surface area contributed by atoms with Crippen molar-refractivity contribution in [3.63, 3.8) is 0 Å². The van der Waals surface area contributed by atoms with Crippen LogP contribution in [0.15, 0.2) is 40.8 Å². The number of nitrogens with one attached hydrogen (secondary N) is 2. The van der Waals surface area contributed by atoms with E-state index in [1.54, 1.807) is 19.9 Å². The van der Waals surface area contributed by atoms with Crippen LogP contribution in [0, 0.1) is 5.82 Å². The molecule has 138 valence electrons. The summed E-state index contributed by atoms with van der Waals surface area (Å²) in [5.74, 6) is -2.31. The van der Waals surface area contributed by atoms with Gasteiger partial charge in [-0.05, 0) is 38.1 Å². The lowest BCUT2D eigenvalue weighted by Gasteiger charge is -2.09. The molecule has 2 rings (SSSR count). The number of rotatable bonds is 7. The average Bonchev–Trinajstić information content (AvgIpc) is 3.07. The van der Waals surface area contributed by atoms with Crippen molar-refractivity contribution < 1.29 is 27.9 Å². The number of amides is 2. The molecule has 1 aromatic heterocycles. The number of carbonyl (C=O) groups excluding carboxylic acids is 3. The van der Waals surface area contributed by atoms with Crippen molar-refractivity contribution in [3.05, 3.63) is 48.0 Å². The zero-order valence-electron chi connectivity index (χ0n) is 14.4. The number of furan rings is 1. The largest absolute Gasteiger partial charge is 0.450 e. The Labute approximate surface area is 149 Å². The molecule has 2 N–H and O–H groups in total. The molecule has 1 aromatic carbocycles. The summed E-state index contributed by atoms with van der Waals surface area (Å²) in [6.07, 6.45) is 0. The highest BCUT2D eigenvalue weighted by atomic mass is 19.1. The lowest BCUT2D eigenvalue weighted by Crippen LogP contribution is -2.41. The van der Waals surface area contributed by atoms with Crippen molar-refractivity contribution >= 4 is 17.8 Å². The van der Waals surface area contributed by atoms with Gasteiger partial charge in [-0.2, -0.15) is 0 Å². The van der Waals surface area contributed by atoms with Gasteiger partial charge in [0.15, 0.2) is 6.61 Å². The van der Waals surface area contributed by atoms with Crippen LogP contribution in [0.4, 0.5) is 4.39 Å². The van der Waals surface area contributed by atoms with Gasteiger partial charge in [0.05, 0.1) is 12.1 Å². The number of esters is 1. The van der Waals surface area contributed by atoms with Crippen LogP contribution < -0.4 is 10.6 Å². The summed E-state index contributed by atoms with van der Waals surface area (Å²) in [5.41, 5.74) is 0.209. The summed E-state index contributed by atoms with van der Waals surface area (Å²) in [7, 11) is 0. The molecular weight excluding hydrogens is 343 g/mol. The molecular formula is C18H19FN2O5. The summed E-state index contributed by atoms with van der Waals surface area (Å²) in [5, 5.41) is 4.93. The van der Waals surface area contributed by atoms with E-state index in [9.17, 15) is 18.8 Å². The van der Waals surface area contributed by atoms with Crippen LogP contribution in [0.25, 0.3) is 11.3 Å². The molecule has 0 saturated carbocycles. The van der Waals surface area contributed by atoms with Gasteiger partial charge in [0.25, 0.3) is 5.91 Å². The minimum Gasteiger partial charge on any atom is -0.450 e. The smallest absolute Gasteiger partial charge is 0.374 e. The molecule has 0 aliphatic heterocycles. The van der Waals surface area contributed by atoms with Gasteiger partial charge in [-0.3, -0.25) is 9.59 Å². The van der Waals surface area contributed by atoms with E-state index in [1.165, 1.54) is 30.3 Å². The van der Waals surface area contributed by atoms with Crippen LogP contribution in [0.2, 0.25) is 0 Å². The minimum atomic E-state index is -0.866. The summed E-state index contributed by atoms with van der Waals surface area (Å²) in [4.78, 5) is 34.9. The summed E-state index contributed by atoms with van der Waals surface area (Å²) in [6.45, 7) is 2.80. The Hall–Kier alpha value is -3.16. The van der Waals surface area contributed by atoms with Crippen molar-refractivity contribution in [1.29, 1.82) is 0 Å². The summed E-state index contributed by atoms with van der Waals surface area (Å²) in [6, 6.07) is 8.69. The van der Waals surface area contributed by atoms with E-state index in [2.05, 4.69) is 10.6 Å². The van der Waals surface area contributed by atoms with Gasteiger partial charge < -0.3 is 19.8 Å². The fourth-order valence-corrected chi connectivity index (χ4v) is 2.06. The molecule has 0 fully saturated rings. The molecule has 2 aromatic rings. The average molecular weight is 362 g/mol. The van der Waals surface area contributed by atoms with Crippen LogP contribution in [0.5, 0.6) is 0 Å². The third kappa shape index (κ3) is 5.44. The molecule has 2 amide bonds. The van der Waals surface area contributed by atoms with Gasteiger partial charge in [-0.1, -0.05) is 12.1 Å². The van der Waals surface area contributed by atoms with Crippen molar-refractivity contribution in [2.75, 3.05) is 13.2 Å². The topological polar surface area (TPSA) is 97.6 Å². The second-order valence-corrected chi connectivity index (χ2v) is 5.72. The van der Waals surface area contributed by atoms with Gasteiger partial charge in [-0.25, -0.2) is 9.18 Å². The van der Waals surface area contributed by atoms with Crippen molar-refractivity contribution in [2.45, 2.75) is 19.9 Å². The quantitative estimate of drug-likeness (QED) is 0.733. The molecule has 7 nitrogen and oxygen atoms in total. The molecule has 26 heavy (non-hydrogen) atoms. The fraction of sp³-hybridized carbons (Fsp3) is 0.278. The second kappa shape index (κ2) is 8.80. The first-order valence-corrected chi connectivity index (χ1v) is 7.94. The Balaban J connectivity index is 1.84. The maximum Gasteiger partial charge on any atom is 0.374 e. The molecule has 0 atom stereocenters. The zero-order chi connectivity index (χ0) is 19.1. The van der Waals surface area contributed by atoms with Gasteiger partial charge in [0.1, 0.15) is 11.6 Å². The van der Waals surface area contributed by atoms with E-state index >= 15 is 0 Å².